The van der Waals surface area contributed by atoms with Crippen molar-refractivity contribution in [3.8, 4) is 68.9 Å². The Labute approximate surface area is 308 Å². The first-order valence-electron chi connectivity index (χ1n) is 16.8. The zero-order valence-corrected chi connectivity index (χ0v) is 32.1. The van der Waals surface area contributed by atoms with E-state index in [1.54, 1.807) is 12.1 Å². The van der Waals surface area contributed by atoms with Crippen LogP contribution in [0.4, 0.5) is 0 Å². The molecule has 0 aromatic heterocycles. The summed E-state index contributed by atoms with van der Waals surface area (Å²) in [4.78, 5) is 24.5. The molecule has 0 radical (unpaired) electrons. The average Bonchev–Trinajstić information content (AvgIpc) is 3.11. The molecule has 5 aromatic carbocycles. The molecule has 0 spiro atoms. The number of hydrogen-bond acceptors (Lipinski definition) is 2. The van der Waals surface area contributed by atoms with Crippen LogP contribution in [0.3, 0.4) is 0 Å². The molecule has 0 saturated heterocycles. The molecule has 0 fully saturated rings. The van der Waals surface area contributed by atoms with Crippen LogP contribution in [0.2, 0.25) is 39.3 Å². The smallest absolute Gasteiger partial charge is 0.337 e. The van der Waals surface area contributed by atoms with Crippen molar-refractivity contribution in [3.05, 3.63) is 154 Å². The van der Waals surface area contributed by atoms with Gasteiger partial charge in [-0.15, -0.1) is 11.1 Å². The van der Waals surface area contributed by atoms with E-state index >= 15 is 0 Å². The normalized spacial score (nSPS) is 10.6. The molecule has 5 aromatic rings. The van der Waals surface area contributed by atoms with Crippen molar-refractivity contribution >= 4 is 28.1 Å². The zero-order valence-electron chi connectivity index (χ0n) is 30.1. The van der Waals surface area contributed by atoms with Gasteiger partial charge in [-0.1, -0.05) is 123 Å². The molecule has 2 N–H and O–H groups in total. The SMILES string of the molecule is C[Si](C)(C)C#Cc1cccc(-c2ccc(C#Cc3ccc(C#Cc4ccc(-c5cccc(C#C[Si](C)(C)C)c5C(=O)O)cc4)cc3)cc2)c1C(=O)O. The van der Waals surface area contributed by atoms with Gasteiger partial charge in [-0.25, -0.2) is 9.59 Å². The second-order valence-electron chi connectivity index (χ2n) is 14.3. The molecule has 0 amide bonds. The van der Waals surface area contributed by atoms with Crippen molar-refractivity contribution in [3.63, 3.8) is 0 Å². The molecule has 0 heterocycles. The fourth-order valence-electron chi connectivity index (χ4n) is 5.16. The molecule has 52 heavy (non-hydrogen) atoms. The zero-order chi connectivity index (χ0) is 37.5. The minimum Gasteiger partial charge on any atom is -0.478 e. The molecule has 0 aliphatic carbocycles. The Morgan fingerprint density at radius 3 is 0.981 bits per heavy atom. The average molecular weight is 711 g/mol. The molecule has 0 saturated carbocycles. The Morgan fingerprint density at radius 1 is 0.423 bits per heavy atom. The summed E-state index contributed by atoms with van der Waals surface area (Å²) in [5.74, 6) is 17.0. The second-order valence-corrected chi connectivity index (χ2v) is 23.8. The van der Waals surface area contributed by atoms with Crippen molar-refractivity contribution in [2.45, 2.75) is 39.3 Å². The van der Waals surface area contributed by atoms with E-state index in [0.717, 1.165) is 33.4 Å². The quantitative estimate of drug-likeness (QED) is 0.144. The lowest BCUT2D eigenvalue weighted by atomic mass is 9.95. The van der Waals surface area contributed by atoms with Crippen LogP contribution in [0, 0.1) is 46.6 Å². The Bertz CT molecular complexity index is 2240. The van der Waals surface area contributed by atoms with Crippen LogP contribution < -0.4 is 0 Å². The highest BCUT2D eigenvalue weighted by molar-refractivity contribution is 6.84. The van der Waals surface area contributed by atoms with Gasteiger partial charge >= 0.3 is 11.9 Å². The second kappa shape index (κ2) is 15.7. The molecule has 6 heteroatoms. The highest BCUT2D eigenvalue weighted by atomic mass is 28.3. The van der Waals surface area contributed by atoms with E-state index in [2.05, 4.69) is 85.9 Å². The van der Waals surface area contributed by atoms with Gasteiger partial charge in [0.2, 0.25) is 0 Å². The summed E-state index contributed by atoms with van der Waals surface area (Å²) < 4.78 is 0. The van der Waals surface area contributed by atoms with Crippen LogP contribution in [0.5, 0.6) is 0 Å². The van der Waals surface area contributed by atoms with Gasteiger partial charge in [-0.05, 0) is 82.9 Å². The minimum absolute atomic E-state index is 0.214. The third-order valence-electron chi connectivity index (χ3n) is 7.68. The standard InChI is InChI=1S/C46H38O4Si2/c1-51(2,3)31-29-39-9-7-11-41(43(39)45(47)48)37-25-21-35(22-26-37)19-17-33-13-15-34(16-14-33)18-20-36-23-27-38(28-24-36)42-12-8-10-40(44(42)46(49)50)30-32-52(4,5)6/h7-16,21-28H,1-6H3,(H,47,48)(H,49,50). The predicted octanol–water partition coefficient (Wildman–Crippen LogP) is 9.67. The summed E-state index contributed by atoms with van der Waals surface area (Å²) in [6.45, 7) is 12.8. The molecule has 0 aliphatic heterocycles. The molecule has 0 bridgehead atoms. The van der Waals surface area contributed by atoms with E-state index in [-0.39, 0.29) is 11.1 Å². The van der Waals surface area contributed by atoms with Gasteiger partial charge in [-0.2, -0.15) is 0 Å². The number of carboxylic acids is 2. The van der Waals surface area contributed by atoms with Crippen LogP contribution in [0.1, 0.15) is 54.1 Å². The largest absolute Gasteiger partial charge is 0.478 e. The first-order valence-corrected chi connectivity index (χ1v) is 23.8. The summed E-state index contributed by atoms with van der Waals surface area (Å²) in [5.41, 5.74) is 14.2. The number of aromatic carboxylic acids is 2. The van der Waals surface area contributed by atoms with E-state index in [0.29, 0.717) is 22.3 Å². The highest BCUT2D eigenvalue weighted by Crippen LogP contribution is 2.28. The van der Waals surface area contributed by atoms with Crippen LogP contribution >= 0.6 is 0 Å². The first kappa shape index (κ1) is 37.0. The number of hydrogen-bond donors (Lipinski definition) is 2. The maximum absolute atomic E-state index is 12.2. The van der Waals surface area contributed by atoms with E-state index in [1.165, 1.54) is 0 Å². The maximum Gasteiger partial charge on any atom is 0.337 e. The third-order valence-corrected chi connectivity index (χ3v) is 9.43. The Morgan fingerprint density at radius 2 is 0.712 bits per heavy atom. The summed E-state index contributed by atoms with van der Waals surface area (Å²) in [7, 11) is -3.35. The van der Waals surface area contributed by atoms with E-state index in [9.17, 15) is 19.8 Å². The van der Waals surface area contributed by atoms with Crippen molar-refractivity contribution in [1.82, 2.24) is 0 Å². The lowest BCUT2D eigenvalue weighted by Gasteiger charge is -2.10. The summed E-state index contributed by atoms with van der Waals surface area (Å²) in [5, 5.41) is 20.0. The molecule has 0 aliphatic rings. The van der Waals surface area contributed by atoms with Gasteiger partial charge < -0.3 is 10.2 Å². The van der Waals surface area contributed by atoms with Crippen molar-refractivity contribution in [2.75, 3.05) is 0 Å². The van der Waals surface area contributed by atoms with Crippen LogP contribution in [0.15, 0.2) is 109 Å². The lowest BCUT2D eigenvalue weighted by molar-refractivity contribution is 0.0686. The van der Waals surface area contributed by atoms with Gasteiger partial charge in [0.05, 0.1) is 11.1 Å². The summed E-state index contributed by atoms with van der Waals surface area (Å²) in [6, 6.07) is 33.6. The third kappa shape index (κ3) is 9.91. The van der Waals surface area contributed by atoms with Gasteiger partial charge in [0.15, 0.2) is 0 Å². The lowest BCUT2D eigenvalue weighted by Crippen LogP contribution is -2.16. The molecule has 0 unspecified atom stereocenters. The predicted molar refractivity (Wildman–Crippen MR) is 217 cm³/mol. The van der Waals surface area contributed by atoms with Crippen LogP contribution in [-0.2, 0) is 0 Å². The van der Waals surface area contributed by atoms with E-state index < -0.39 is 28.1 Å². The minimum atomic E-state index is -1.68. The molecular formula is C46H38O4Si2. The molecular weight excluding hydrogens is 673 g/mol. The molecule has 0 atom stereocenters. The van der Waals surface area contributed by atoms with Crippen molar-refractivity contribution in [1.29, 1.82) is 0 Å². The topological polar surface area (TPSA) is 74.6 Å². The number of carboxylic acid groups (broad SMARTS) is 2. The van der Waals surface area contributed by atoms with Gasteiger partial charge in [0, 0.05) is 33.4 Å². The van der Waals surface area contributed by atoms with Crippen molar-refractivity contribution in [2.24, 2.45) is 0 Å². The fraction of sp³-hybridized carbons (Fsp3) is 0.130. The Hall–Kier alpha value is -6.29. The number of rotatable bonds is 4. The molecule has 4 nitrogen and oxygen atoms in total. The van der Waals surface area contributed by atoms with Crippen LogP contribution in [0.25, 0.3) is 22.3 Å². The maximum atomic E-state index is 12.2. The van der Waals surface area contributed by atoms with Crippen molar-refractivity contribution < 1.29 is 19.8 Å². The van der Waals surface area contributed by atoms with E-state index in [4.69, 9.17) is 0 Å². The summed E-state index contributed by atoms with van der Waals surface area (Å²) >= 11 is 0. The highest BCUT2D eigenvalue weighted by Gasteiger charge is 2.18. The van der Waals surface area contributed by atoms with Gasteiger partial charge in [0.25, 0.3) is 0 Å². The molecule has 5 rings (SSSR count). The van der Waals surface area contributed by atoms with E-state index in [1.807, 2.05) is 97.1 Å². The number of carbonyl (C=O) groups is 2. The summed E-state index contributed by atoms with van der Waals surface area (Å²) in [6.07, 6.45) is 0. The fourth-order valence-corrected chi connectivity index (χ4v) is 6.18. The Balaban J connectivity index is 1.29. The van der Waals surface area contributed by atoms with Gasteiger partial charge in [-0.3, -0.25) is 0 Å². The van der Waals surface area contributed by atoms with Crippen LogP contribution in [-0.4, -0.2) is 38.3 Å². The Kier molecular flexibility index (Phi) is 11.2. The van der Waals surface area contributed by atoms with Gasteiger partial charge in [0.1, 0.15) is 16.1 Å². The monoisotopic (exact) mass is 710 g/mol. The first-order chi connectivity index (χ1) is 24.7. The molecule has 254 valence electrons. The number of benzene rings is 5.